The number of hydrogen-bond donors (Lipinski definition) is 2. The summed E-state index contributed by atoms with van der Waals surface area (Å²) in [6.07, 6.45) is 2.49. The van der Waals surface area contributed by atoms with Crippen molar-refractivity contribution in [1.82, 2.24) is 10.6 Å². The van der Waals surface area contributed by atoms with Gasteiger partial charge in [-0.15, -0.1) is 0 Å². The molecule has 2 N–H and O–H groups in total. The number of furan rings is 1. The summed E-state index contributed by atoms with van der Waals surface area (Å²) in [7, 11) is 1.70. The number of ether oxygens (including phenoxy) is 1. The highest BCUT2D eigenvalue weighted by molar-refractivity contribution is 5.80. The molecule has 140 valence electrons. The fourth-order valence-corrected chi connectivity index (χ4v) is 2.98. The highest BCUT2D eigenvalue weighted by atomic mass is 19.3. The molecule has 3 rings (SSSR count). The number of para-hydroxylation sites is 2. The highest BCUT2D eigenvalue weighted by Gasteiger charge is 2.26. The van der Waals surface area contributed by atoms with Crippen molar-refractivity contribution in [1.29, 1.82) is 0 Å². The highest BCUT2D eigenvalue weighted by Crippen LogP contribution is 2.31. The molecular weight excluding hydrogens is 342 g/mol. The van der Waals surface area contributed by atoms with Gasteiger partial charge in [-0.2, -0.15) is 8.78 Å². The summed E-state index contributed by atoms with van der Waals surface area (Å²) in [5, 5.41) is 6.55. The maximum atomic E-state index is 12.6. The van der Waals surface area contributed by atoms with Crippen molar-refractivity contribution in [3.05, 3.63) is 48.4 Å². The third kappa shape index (κ3) is 4.65. The average molecular weight is 364 g/mol. The minimum absolute atomic E-state index is 0.150. The van der Waals surface area contributed by atoms with Crippen molar-refractivity contribution in [2.24, 2.45) is 4.99 Å². The van der Waals surface area contributed by atoms with Crippen molar-refractivity contribution < 1.29 is 17.9 Å². The van der Waals surface area contributed by atoms with Gasteiger partial charge in [-0.25, -0.2) is 0 Å². The molecule has 1 fully saturated rings. The third-order valence-corrected chi connectivity index (χ3v) is 4.18. The van der Waals surface area contributed by atoms with Crippen molar-refractivity contribution in [2.45, 2.75) is 25.6 Å². The van der Waals surface area contributed by atoms with Crippen LogP contribution < -0.4 is 20.3 Å². The number of benzene rings is 1. The van der Waals surface area contributed by atoms with E-state index in [4.69, 9.17) is 4.42 Å². The van der Waals surface area contributed by atoms with Gasteiger partial charge in [0.1, 0.15) is 11.5 Å². The van der Waals surface area contributed by atoms with Crippen LogP contribution in [0.4, 0.5) is 14.5 Å². The maximum Gasteiger partial charge on any atom is 0.387 e. The quantitative estimate of drug-likeness (QED) is 0.610. The topological polar surface area (TPSA) is 62.0 Å². The van der Waals surface area contributed by atoms with Crippen molar-refractivity contribution in [3.8, 4) is 5.75 Å². The summed E-state index contributed by atoms with van der Waals surface area (Å²) in [4.78, 5) is 6.25. The molecule has 1 unspecified atom stereocenters. The molecule has 2 heterocycles. The van der Waals surface area contributed by atoms with Crippen LogP contribution in [0.3, 0.4) is 0 Å². The monoisotopic (exact) mass is 364 g/mol. The minimum atomic E-state index is -2.84. The van der Waals surface area contributed by atoms with E-state index in [-0.39, 0.29) is 11.8 Å². The Morgan fingerprint density at radius 3 is 2.92 bits per heavy atom. The van der Waals surface area contributed by atoms with Gasteiger partial charge >= 0.3 is 6.61 Å². The number of halogens is 2. The molecule has 1 atom stereocenters. The van der Waals surface area contributed by atoms with E-state index in [1.54, 1.807) is 31.5 Å². The van der Waals surface area contributed by atoms with Gasteiger partial charge in [0.25, 0.3) is 0 Å². The Kier molecular flexibility index (Phi) is 5.93. The van der Waals surface area contributed by atoms with Gasteiger partial charge < -0.3 is 24.7 Å². The molecule has 1 aliphatic rings. The number of hydrogen-bond acceptors (Lipinski definition) is 4. The van der Waals surface area contributed by atoms with Crippen LogP contribution in [-0.2, 0) is 6.54 Å². The van der Waals surface area contributed by atoms with E-state index in [0.29, 0.717) is 24.7 Å². The maximum absolute atomic E-state index is 12.6. The lowest BCUT2D eigenvalue weighted by Gasteiger charge is -2.22. The molecular formula is C18H22F2N4O2. The number of nitrogens with one attached hydrogen (secondary N) is 2. The summed E-state index contributed by atoms with van der Waals surface area (Å²) < 4.78 is 35.1. The molecule has 0 bridgehead atoms. The first-order valence-corrected chi connectivity index (χ1v) is 8.44. The Hall–Kier alpha value is -2.77. The Morgan fingerprint density at radius 1 is 1.35 bits per heavy atom. The molecule has 0 amide bonds. The lowest BCUT2D eigenvalue weighted by Crippen LogP contribution is -2.44. The van der Waals surface area contributed by atoms with Gasteiger partial charge in [-0.3, -0.25) is 4.99 Å². The minimum Gasteiger partial charge on any atom is -0.467 e. The summed E-state index contributed by atoms with van der Waals surface area (Å²) in [6, 6.07) is 10.7. The van der Waals surface area contributed by atoms with Crippen LogP contribution in [0.5, 0.6) is 5.75 Å². The second kappa shape index (κ2) is 8.55. The van der Waals surface area contributed by atoms with E-state index in [0.717, 1.165) is 18.7 Å². The summed E-state index contributed by atoms with van der Waals surface area (Å²) in [5.41, 5.74) is 0.677. The second-order valence-corrected chi connectivity index (χ2v) is 5.93. The van der Waals surface area contributed by atoms with Crippen molar-refractivity contribution in [3.63, 3.8) is 0 Å². The van der Waals surface area contributed by atoms with E-state index in [2.05, 4.69) is 20.4 Å². The van der Waals surface area contributed by atoms with Gasteiger partial charge in [0.15, 0.2) is 5.96 Å². The van der Waals surface area contributed by atoms with Crippen LogP contribution in [0.1, 0.15) is 12.2 Å². The van der Waals surface area contributed by atoms with Crippen LogP contribution in [0.15, 0.2) is 52.1 Å². The largest absolute Gasteiger partial charge is 0.467 e. The zero-order chi connectivity index (χ0) is 18.4. The van der Waals surface area contributed by atoms with Gasteiger partial charge in [0.2, 0.25) is 0 Å². The van der Waals surface area contributed by atoms with Crippen LogP contribution in [0.25, 0.3) is 0 Å². The van der Waals surface area contributed by atoms with E-state index < -0.39 is 6.61 Å². The number of guanidine groups is 1. The molecule has 8 heteroatoms. The average Bonchev–Trinajstić information content (AvgIpc) is 3.30. The lowest BCUT2D eigenvalue weighted by molar-refractivity contribution is -0.0495. The Balaban J connectivity index is 1.56. The fourth-order valence-electron chi connectivity index (χ4n) is 2.98. The van der Waals surface area contributed by atoms with E-state index >= 15 is 0 Å². The summed E-state index contributed by atoms with van der Waals surface area (Å²) in [5.74, 6) is 1.69. The molecule has 0 aliphatic carbocycles. The molecule has 1 aromatic carbocycles. The normalized spacial score (nSPS) is 17.6. The Morgan fingerprint density at radius 2 is 2.19 bits per heavy atom. The smallest absolute Gasteiger partial charge is 0.387 e. The predicted molar refractivity (Wildman–Crippen MR) is 95.7 cm³/mol. The first-order chi connectivity index (χ1) is 12.7. The molecule has 1 aliphatic heterocycles. The molecule has 0 saturated carbocycles. The van der Waals surface area contributed by atoms with Gasteiger partial charge in [0.05, 0.1) is 18.5 Å². The summed E-state index contributed by atoms with van der Waals surface area (Å²) >= 11 is 0. The third-order valence-electron chi connectivity index (χ3n) is 4.18. The van der Waals surface area contributed by atoms with Gasteiger partial charge in [0, 0.05) is 26.2 Å². The molecule has 0 radical (unpaired) electrons. The van der Waals surface area contributed by atoms with Crippen LogP contribution in [0, 0.1) is 0 Å². The molecule has 26 heavy (non-hydrogen) atoms. The zero-order valence-corrected chi connectivity index (χ0v) is 14.5. The molecule has 6 nitrogen and oxygen atoms in total. The van der Waals surface area contributed by atoms with Crippen LogP contribution in [-0.4, -0.2) is 38.8 Å². The second-order valence-electron chi connectivity index (χ2n) is 5.93. The van der Waals surface area contributed by atoms with Crippen LogP contribution in [0.2, 0.25) is 0 Å². The SMILES string of the molecule is CN=C(NCc1ccco1)NC1CCN(c2ccccc2OC(F)F)C1. The first kappa shape index (κ1) is 18.0. The molecule has 2 aromatic rings. The van der Waals surface area contributed by atoms with E-state index in [1.807, 2.05) is 23.1 Å². The predicted octanol–water partition coefficient (Wildman–Crippen LogP) is 2.82. The standard InChI is InChI=1S/C18H22F2N4O2/c1-21-18(22-11-14-5-4-10-25-14)23-13-8-9-24(12-13)15-6-2-3-7-16(15)26-17(19)20/h2-7,10,13,17H,8-9,11-12H2,1H3,(H2,21,22,23). The fraction of sp³-hybridized carbons (Fsp3) is 0.389. The van der Waals surface area contributed by atoms with Crippen molar-refractivity contribution >= 4 is 11.6 Å². The number of aliphatic imine (C=N–C) groups is 1. The van der Waals surface area contributed by atoms with Gasteiger partial charge in [-0.1, -0.05) is 12.1 Å². The number of alkyl halides is 2. The Labute approximate surface area is 150 Å². The number of anilines is 1. The van der Waals surface area contributed by atoms with E-state index in [1.165, 1.54) is 0 Å². The van der Waals surface area contributed by atoms with Gasteiger partial charge in [-0.05, 0) is 30.7 Å². The lowest BCUT2D eigenvalue weighted by atomic mass is 10.2. The number of rotatable bonds is 6. The molecule has 1 saturated heterocycles. The van der Waals surface area contributed by atoms with Crippen molar-refractivity contribution in [2.75, 3.05) is 25.0 Å². The van der Waals surface area contributed by atoms with E-state index in [9.17, 15) is 8.78 Å². The summed E-state index contributed by atoms with van der Waals surface area (Å²) in [6.45, 7) is -0.882. The number of nitrogens with zero attached hydrogens (tertiary/aromatic N) is 2. The Bertz CT molecular complexity index is 722. The molecule has 1 aromatic heterocycles. The first-order valence-electron chi connectivity index (χ1n) is 8.44. The molecule has 0 spiro atoms. The van der Waals surface area contributed by atoms with Crippen LogP contribution >= 0.6 is 0 Å². The zero-order valence-electron chi connectivity index (χ0n) is 14.5.